The Bertz CT molecular complexity index is 1470. The van der Waals surface area contributed by atoms with E-state index >= 15 is 0 Å². The van der Waals surface area contributed by atoms with Crippen LogP contribution in [0.25, 0.3) is 0 Å². The summed E-state index contributed by atoms with van der Waals surface area (Å²) in [6.07, 6.45) is 1.10. The van der Waals surface area contributed by atoms with Gasteiger partial charge in [0.05, 0.1) is 10.6 Å². The highest BCUT2D eigenvalue weighted by Gasteiger charge is 2.34. The van der Waals surface area contributed by atoms with E-state index in [1.54, 1.807) is 37.3 Å². The van der Waals surface area contributed by atoms with Crippen molar-refractivity contribution in [2.24, 2.45) is 0 Å². The van der Waals surface area contributed by atoms with Crippen molar-refractivity contribution in [1.82, 2.24) is 10.2 Å². The van der Waals surface area contributed by atoms with Crippen molar-refractivity contribution in [1.29, 1.82) is 0 Å². The van der Waals surface area contributed by atoms with Crippen molar-refractivity contribution in [3.05, 3.63) is 94.0 Å². The fourth-order valence-electron chi connectivity index (χ4n) is 4.58. The molecule has 2 atom stereocenters. The molecule has 0 spiro atoms. The summed E-state index contributed by atoms with van der Waals surface area (Å²) < 4.78 is 29.2. The Kier molecular flexibility index (Phi) is 11.0. The highest BCUT2D eigenvalue weighted by atomic mass is 35.5. The fourth-order valence-corrected chi connectivity index (χ4v) is 6.23. The molecule has 2 amide bonds. The molecule has 3 rings (SSSR count). The van der Waals surface area contributed by atoms with E-state index < -0.39 is 28.5 Å². The number of amides is 2. The lowest BCUT2D eigenvalue weighted by molar-refractivity contribution is -0.140. The van der Waals surface area contributed by atoms with Gasteiger partial charge in [-0.25, -0.2) is 8.42 Å². The summed E-state index contributed by atoms with van der Waals surface area (Å²) in [5.41, 5.74) is 3.61. The minimum atomic E-state index is -4.17. The van der Waals surface area contributed by atoms with Crippen LogP contribution in [-0.2, 0) is 26.2 Å². The molecule has 3 aromatic carbocycles. The second kappa shape index (κ2) is 14.0. The molecule has 9 heteroatoms. The van der Waals surface area contributed by atoms with E-state index in [2.05, 4.69) is 5.32 Å². The van der Waals surface area contributed by atoms with Crippen LogP contribution >= 0.6 is 11.6 Å². The Balaban J connectivity index is 2.10. The monoisotopic (exact) mass is 597 g/mol. The molecule has 2 unspecified atom stereocenters. The van der Waals surface area contributed by atoms with Gasteiger partial charge in [0, 0.05) is 17.6 Å². The van der Waals surface area contributed by atoms with Gasteiger partial charge in [0.15, 0.2) is 0 Å². The lowest BCUT2D eigenvalue weighted by Gasteiger charge is -2.34. The molecule has 0 saturated heterocycles. The Morgan fingerprint density at radius 3 is 2.17 bits per heavy atom. The standard InChI is InChI=1S/C32H40ClN3O4S/c1-7-24(5)34-32(38)29(8-2)35(20-26-12-9-11-23(4)19-26)31(37)21-36(30-14-10-13-28(33)25(30)6)41(39,40)27-17-15-22(3)16-18-27/h9-19,24,29H,7-8,20-21H2,1-6H3,(H,34,38). The van der Waals surface area contributed by atoms with Crippen LogP contribution in [0.1, 0.15) is 55.9 Å². The van der Waals surface area contributed by atoms with Crippen molar-refractivity contribution in [2.45, 2.75) is 77.9 Å². The van der Waals surface area contributed by atoms with Crippen LogP contribution in [0, 0.1) is 20.8 Å². The second-order valence-electron chi connectivity index (χ2n) is 10.5. The third-order valence-electron chi connectivity index (χ3n) is 7.22. The molecule has 1 N–H and O–H groups in total. The first-order chi connectivity index (χ1) is 19.4. The molecule has 3 aromatic rings. The largest absolute Gasteiger partial charge is 0.352 e. The van der Waals surface area contributed by atoms with Crippen molar-refractivity contribution in [3.8, 4) is 0 Å². The van der Waals surface area contributed by atoms with Crippen LogP contribution in [0.5, 0.6) is 0 Å². The van der Waals surface area contributed by atoms with E-state index in [-0.39, 0.29) is 23.4 Å². The zero-order valence-electron chi connectivity index (χ0n) is 24.6. The van der Waals surface area contributed by atoms with Crippen LogP contribution in [0.4, 0.5) is 5.69 Å². The fraction of sp³-hybridized carbons (Fsp3) is 0.375. The van der Waals surface area contributed by atoms with Gasteiger partial charge in [-0.05, 0) is 75.9 Å². The van der Waals surface area contributed by atoms with Gasteiger partial charge in [-0.15, -0.1) is 0 Å². The van der Waals surface area contributed by atoms with Gasteiger partial charge >= 0.3 is 0 Å². The zero-order chi connectivity index (χ0) is 30.3. The summed E-state index contributed by atoms with van der Waals surface area (Å²) in [6, 6.07) is 18.3. The molecule has 0 aliphatic carbocycles. The van der Waals surface area contributed by atoms with Crippen molar-refractivity contribution in [2.75, 3.05) is 10.8 Å². The number of anilines is 1. The van der Waals surface area contributed by atoms with Crippen molar-refractivity contribution >= 4 is 39.1 Å². The zero-order valence-corrected chi connectivity index (χ0v) is 26.2. The highest BCUT2D eigenvalue weighted by molar-refractivity contribution is 7.92. The molecule has 0 heterocycles. The summed E-state index contributed by atoms with van der Waals surface area (Å²) in [5.74, 6) is -0.762. The lowest BCUT2D eigenvalue weighted by atomic mass is 10.1. The number of nitrogens with one attached hydrogen (secondary N) is 1. The normalized spacial score (nSPS) is 12.9. The molecule has 220 valence electrons. The minimum Gasteiger partial charge on any atom is -0.352 e. The molecule has 0 radical (unpaired) electrons. The lowest BCUT2D eigenvalue weighted by Crippen LogP contribution is -2.53. The maximum atomic E-state index is 14.2. The van der Waals surface area contributed by atoms with Crippen LogP contribution in [0.3, 0.4) is 0 Å². The van der Waals surface area contributed by atoms with Crippen molar-refractivity contribution < 1.29 is 18.0 Å². The number of carbonyl (C=O) groups excluding carboxylic acids is 2. The Hall–Kier alpha value is -3.36. The van der Waals surface area contributed by atoms with Gasteiger partial charge in [0.2, 0.25) is 11.8 Å². The average Bonchev–Trinajstić information content (AvgIpc) is 2.93. The van der Waals surface area contributed by atoms with E-state index in [1.807, 2.05) is 58.9 Å². The van der Waals surface area contributed by atoms with E-state index in [4.69, 9.17) is 11.6 Å². The maximum absolute atomic E-state index is 14.2. The summed E-state index contributed by atoms with van der Waals surface area (Å²) in [5, 5.41) is 3.38. The number of sulfonamides is 1. The molecule has 7 nitrogen and oxygen atoms in total. The molecule has 0 aromatic heterocycles. The van der Waals surface area contributed by atoms with Gasteiger partial charge in [-0.1, -0.05) is 79.0 Å². The number of hydrogen-bond acceptors (Lipinski definition) is 4. The molecule has 0 aliphatic rings. The Morgan fingerprint density at radius 1 is 0.902 bits per heavy atom. The first-order valence-electron chi connectivity index (χ1n) is 13.9. The molecular formula is C32H40ClN3O4S. The first kappa shape index (κ1) is 32.2. The SMILES string of the molecule is CCC(C)NC(=O)C(CC)N(Cc1cccc(C)c1)C(=O)CN(c1cccc(Cl)c1C)S(=O)(=O)c1ccc(C)cc1. The molecule has 41 heavy (non-hydrogen) atoms. The number of rotatable bonds is 12. The Labute approximate surface area is 249 Å². The first-order valence-corrected chi connectivity index (χ1v) is 15.7. The molecule has 0 bridgehead atoms. The van der Waals surface area contributed by atoms with Crippen LogP contribution in [0.2, 0.25) is 5.02 Å². The van der Waals surface area contributed by atoms with E-state index in [1.165, 1.54) is 17.0 Å². The molecule has 0 fully saturated rings. The van der Waals surface area contributed by atoms with E-state index in [0.29, 0.717) is 22.7 Å². The molecule has 0 saturated carbocycles. The average molecular weight is 598 g/mol. The summed E-state index contributed by atoms with van der Waals surface area (Å²) in [6.45, 7) is 10.9. The molecular weight excluding hydrogens is 558 g/mol. The van der Waals surface area contributed by atoms with E-state index in [9.17, 15) is 18.0 Å². The van der Waals surface area contributed by atoms with E-state index in [0.717, 1.165) is 27.4 Å². The van der Waals surface area contributed by atoms with Gasteiger partial charge in [-0.2, -0.15) is 0 Å². The topological polar surface area (TPSA) is 86.8 Å². The number of halogens is 1. The van der Waals surface area contributed by atoms with Crippen molar-refractivity contribution in [3.63, 3.8) is 0 Å². The minimum absolute atomic E-state index is 0.0575. The third-order valence-corrected chi connectivity index (χ3v) is 9.40. The quantitative estimate of drug-likeness (QED) is 0.270. The number of carbonyl (C=O) groups is 2. The van der Waals surface area contributed by atoms with Gasteiger partial charge in [0.25, 0.3) is 10.0 Å². The highest BCUT2D eigenvalue weighted by Crippen LogP contribution is 2.31. The maximum Gasteiger partial charge on any atom is 0.264 e. The predicted molar refractivity (Wildman–Crippen MR) is 166 cm³/mol. The van der Waals surface area contributed by atoms with Gasteiger partial charge in [-0.3, -0.25) is 13.9 Å². The summed E-state index contributed by atoms with van der Waals surface area (Å²) in [4.78, 5) is 29.2. The number of aryl methyl sites for hydroxylation is 2. The number of hydrogen-bond donors (Lipinski definition) is 1. The predicted octanol–water partition coefficient (Wildman–Crippen LogP) is 6.18. The van der Waals surface area contributed by atoms with Crippen LogP contribution in [0.15, 0.2) is 71.6 Å². The Morgan fingerprint density at radius 2 is 1.56 bits per heavy atom. The number of benzene rings is 3. The second-order valence-corrected chi connectivity index (χ2v) is 12.7. The summed E-state index contributed by atoms with van der Waals surface area (Å²) >= 11 is 6.40. The smallest absolute Gasteiger partial charge is 0.264 e. The third kappa shape index (κ3) is 7.89. The molecule has 0 aliphatic heterocycles. The van der Waals surface area contributed by atoms with Crippen LogP contribution < -0.4 is 9.62 Å². The van der Waals surface area contributed by atoms with Crippen LogP contribution in [-0.4, -0.2) is 43.8 Å². The van der Waals surface area contributed by atoms with Gasteiger partial charge < -0.3 is 10.2 Å². The summed E-state index contributed by atoms with van der Waals surface area (Å²) in [7, 11) is -4.17. The van der Waals surface area contributed by atoms with Gasteiger partial charge in [0.1, 0.15) is 12.6 Å². The number of nitrogens with zero attached hydrogens (tertiary/aromatic N) is 2.